The van der Waals surface area contributed by atoms with Crippen LogP contribution in [0.4, 0.5) is 0 Å². The number of nitrogens with zero attached hydrogens (tertiary/aromatic N) is 2. The lowest BCUT2D eigenvalue weighted by Gasteiger charge is -2.24. The zero-order valence-electron chi connectivity index (χ0n) is 10.0. The Hall–Kier alpha value is -0.120. The Morgan fingerprint density at radius 2 is 1.80 bits per heavy atom. The van der Waals surface area contributed by atoms with E-state index in [1.54, 1.807) is 0 Å². The Morgan fingerprint density at radius 3 is 2.60 bits per heavy atom. The summed E-state index contributed by atoms with van der Waals surface area (Å²) in [5, 5.41) is 3.50. The Labute approximate surface area is 93.8 Å². The van der Waals surface area contributed by atoms with Gasteiger partial charge in [0.15, 0.2) is 0 Å². The molecule has 1 unspecified atom stereocenters. The lowest BCUT2D eigenvalue weighted by Crippen LogP contribution is -2.36. The van der Waals surface area contributed by atoms with Crippen LogP contribution < -0.4 is 5.32 Å². The summed E-state index contributed by atoms with van der Waals surface area (Å²) in [6.45, 7) is 12.5. The SMILES string of the molecule is CC1CNCCN(CCN2CCCC2)C1. The molecule has 0 spiro atoms. The van der Waals surface area contributed by atoms with Crippen LogP contribution in [-0.2, 0) is 0 Å². The number of hydrogen-bond donors (Lipinski definition) is 1. The third kappa shape index (κ3) is 3.74. The molecule has 88 valence electrons. The van der Waals surface area contributed by atoms with Crippen molar-refractivity contribution in [2.75, 3.05) is 52.4 Å². The zero-order valence-corrected chi connectivity index (χ0v) is 10.0. The number of rotatable bonds is 3. The van der Waals surface area contributed by atoms with E-state index < -0.39 is 0 Å². The first kappa shape index (κ1) is 11.4. The minimum Gasteiger partial charge on any atom is -0.315 e. The first-order valence-electron chi connectivity index (χ1n) is 6.50. The summed E-state index contributed by atoms with van der Waals surface area (Å²) in [6, 6.07) is 0. The highest BCUT2D eigenvalue weighted by molar-refractivity contribution is 4.73. The second-order valence-electron chi connectivity index (χ2n) is 5.16. The topological polar surface area (TPSA) is 18.5 Å². The quantitative estimate of drug-likeness (QED) is 0.738. The van der Waals surface area contributed by atoms with Gasteiger partial charge in [-0.25, -0.2) is 0 Å². The Bertz CT molecular complexity index is 178. The Balaban J connectivity index is 1.67. The van der Waals surface area contributed by atoms with Gasteiger partial charge in [0, 0.05) is 32.7 Å². The molecule has 2 fully saturated rings. The third-order valence-electron chi connectivity index (χ3n) is 3.60. The molecular formula is C12H25N3. The van der Waals surface area contributed by atoms with E-state index in [0.29, 0.717) is 0 Å². The average Bonchev–Trinajstić information content (AvgIpc) is 2.65. The van der Waals surface area contributed by atoms with E-state index in [1.807, 2.05) is 0 Å². The van der Waals surface area contributed by atoms with Gasteiger partial charge < -0.3 is 15.1 Å². The van der Waals surface area contributed by atoms with Gasteiger partial charge in [0.2, 0.25) is 0 Å². The van der Waals surface area contributed by atoms with E-state index >= 15 is 0 Å². The molecular weight excluding hydrogens is 186 g/mol. The number of likely N-dealkylation sites (tertiary alicyclic amines) is 1. The van der Waals surface area contributed by atoms with E-state index in [1.165, 1.54) is 65.2 Å². The molecule has 3 heteroatoms. The smallest absolute Gasteiger partial charge is 0.0110 e. The highest BCUT2D eigenvalue weighted by Gasteiger charge is 2.16. The van der Waals surface area contributed by atoms with Crippen molar-refractivity contribution in [1.29, 1.82) is 0 Å². The number of nitrogens with one attached hydrogen (secondary N) is 1. The minimum absolute atomic E-state index is 0.811. The zero-order chi connectivity index (χ0) is 10.5. The molecule has 2 heterocycles. The van der Waals surface area contributed by atoms with Crippen LogP contribution in [0.5, 0.6) is 0 Å². The molecule has 3 nitrogen and oxygen atoms in total. The van der Waals surface area contributed by atoms with Crippen molar-refractivity contribution in [2.45, 2.75) is 19.8 Å². The summed E-state index contributed by atoms with van der Waals surface area (Å²) in [5.74, 6) is 0.811. The van der Waals surface area contributed by atoms with Gasteiger partial charge in [0.25, 0.3) is 0 Å². The highest BCUT2D eigenvalue weighted by Crippen LogP contribution is 2.08. The van der Waals surface area contributed by atoms with E-state index in [-0.39, 0.29) is 0 Å². The fourth-order valence-corrected chi connectivity index (χ4v) is 2.67. The Kier molecular flexibility index (Phi) is 4.42. The summed E-state index contributed by atoms with van der Waals surface area (Å²) >= 11 is 0. The molecule has 2 aliphatic rings. The van der Waals surface area contributed by atoms with E-state index in [0.717, 1.165) is 5.92 Å². The fraction of sp³-hybridized carbons (Fsp3) is 1.00. The van der Waals surface area contributed by atoms with Gasteiger partial charge in [0.1, 0.15) is 0 Å². The average molecular weight is 211 g/mol. The van der Waals surface area contributed by atoms with Crippen molar-refractivity contribution < 1.29 is 0 Å². The summed E-state index contributed by atoms with van der Waals surface area (Å²) in [4.78, 5) is 5.24. The first-order chi connectivity index (χ1) is 7.34. The second-order valence-corrected chi connectivity index (χ2v) is 5.16. The molecule has 0 aliphatic carbocycles. The fourth-order valence-electron chi connectivity index (χ4n) is 2.67. The van der Waals surface area contributed by atoms with Crippen LogP contribution in [0.3, 0.4) is 0 Å². The third-order valence-corrected chi connectivity index (χ3v) is 3.60. The molecule has 0 radical (unpaired) electrons. The molecule has 0 aromatic rings. The van der Waals surface area contributed by atoms with E-state index in [4.69, 9.17) is 0 Å². The molecule has 1 N–H and O–H groups in total. The maximum Gasteiger partial charge on any atom is 0.0110 e. The second kappa shape index (κ2) is 5.83. The molecule has 0 aromatic carbocycles. The van der Waals surface area contributed by atoms with Gasteiger partial charge in [0.05, 0.1) is 0 Å². The van der Waals surface area contributed by atoms with Crippen LogP contribution in [0.2, 0.25) is 0 Å². The monoisotopic (exact) mass is 211 g/mol. The van der Waals surface area contributed by atoms with Crippen LogP contribution in [0, 0.1) is 5.92 Å². The summed E-state index contributed by atoms with van der Waals surface area (Å²) in [5.41, 5.74) is 0. The molecule has 0 bridgehead atoms. The minimum atomic E-state index is 0.811. The van der Waals surface area contributed by atoms with Crippen molar-refractivity contribution in [1.82, 2.24) is 15.1 Å². The molecule has 0 saturated carbocycles. The molecule has 1 atom stereocenters. The van der Waals surface area contributed by atoms with E-state index in [2.05, 4.69) is 22.0 Å². The number of hydrogen-bond acceptors (Lipinski definition) is 3. The van der Waals surface area contributed by atoms with Crippen molar-refractivity contribution in [3.8, 4) is 0 Å². The van der Waals surface area contributed by atoms with Gasteiger partial charge in [-0.1, -0.05) is 6.92 Å². The maximum absolute atomic E-state index is 3.50. The van der Waals surface area contributed by atoms with Crippen molar-refractivity contribution in [2.24, 2.45) is 5.92 Å². The van der Waals surface area contributed by atoms with Gasteiger partial charge in [-0.15, -0.1) is 0 Å². The first-order valence-corrected chi connectivity index (χ1v) is 6.50. The molecule has 2 aliphatic heterocycles. The molecule has 0 aromatic heterocycles. The van der Waals surface area contributed by atoms with Crippen molar-refractivity contribution in [3.05, 3.63) is 0 Å². The summed E-state index contributed by atoms with van der Waals surface area (Å²) in [6.07, 6.45) is 2.83. The predicted molar refractivity (Wildman–Crippen MR) is 64.1 cm³/mol. The highest BCUT2D eigenvalue weighted by atomic mass is 15.2. The lowest BCUT2D eigenvalue weighted by molar-refractivity contribution is 0.220. The van der Waals surface area contributed by atoms with E-state index in [9.17, 15) is 0 Å². The van der Waals surface area contributed by atoms with Gasteiger partial charge in [-0.3, -0.25) is 0 Å². The van der Waals surface area contributed by atoms with Gasteiger partial charge >= 0.3 is 0 Å². The standard InChI is InChI=1S/C12H25N3/c1-12-10-13-4-7-15(11-12)9-8-14-5-2-3-6-14/h12-13H,2-11H2,1H3. The van der Waals surface area contributed by atoms with Crippen molar-refractivity contribution >= 4 is 0 Å². The van der Waals surface area contributed by atoms with Crippen LogP contribution in [-0.4, -0.2) is 62.2 Å². The lowest BCUT2D eigenvalue weighted by atomic mass is 10.2. The molecule has 0 amide bonds. The normalized spacial score (nSPS) is 30.6. The van der Waals surface area contributed by atoms with Crippen LogP contribution in [0.25, 0.3) is 0 Å². The predicted octanol–water partition coefficient (Wildman–Crippen LogP) is 0.624. The van der Waals surface area contributed by atoms with Crippen molar-refractivity contribution in [3.63, 3.8) is 0 Å². The van der Waals surface area contributed by atoms with Crippen LogP contribution >= 0.6 is 0 Å². The Morgan fingerprint density at radius 1 is 1.07 bits per heavy atom. The van der Waals surface area contributed by atoms with Gasteiger partial charge in [-0.2, -0.15) is 0 Å². The maximum atomic E-state index is 3.50. The molecule has 15 heavy (non-hydrogen) atoms. The van der Waals surface area contributed by atoms with Gasteiger partial charge in [-0.05, 0) is 38.4 Å². The molecule has 2 rings (SSSR count). The largest absolute Gasteiger partial charge is 0.315 e. The summed E-state index contributed by atoms with van der Waals surface area (Å²) < 4.78 is 0. The summed E-state index contributed by atoms with van der Waals surface area (Å²) in [7, 11) is 0. The van der Waals surface area contributed by atoms with Crippen LogP contribution in [0.15, 0.2) is 0 Å². The van der Waals surface area contributed by atoms with Crippen LogP contribution in [0.1, 0.15) is 19.8 Å². The molecule has 2 saturated heterocycles.